The van der Waals surface area contributed by atoms with Crippen LogP contribution in [0, 0.1) is 19.8 Å². The average molecular weight is 206 g/mol. The Bertz CT molecular complexity index is 400. The molecule has 3 heteroatoms. The molecule has 2 atom stereocenters. The van der Waals surface area contributed by atoms with E-state index in [2.05, 4.69) is 0 Å². The van der Waals surface area contributed by atoms with E-state index < -0.39 is 5.97 Å². The molecule has 0 bridgehead atoms. The second-order valence-electron chi connectivity index (χ2n) is 4.29. The van der Waals surface area contributed by atoms with Crippen LogP contribution in [0.15, 0.2) is 12.1 Å². The van der Waals surface area contributed by atoms with Crippen LogP contribution in [-0.2, 0) is 4.79 Å². The summed E-state index contributed by atoms with van der Waals surface area (Å²) in [7, 11) is 0. The number of aromatic hydroxyl groups is 1. The molecule has 1 aliphatic rings. The van der Waals surface area contributed by atoms with Crippen molar-refractivity contribution in [1.82, 2.24) is 0 Å². The van der Waals surface area contributed by atoms with Crippen molar-refractivity contribution in [3.05, 3.63) is 28.8 Å². The molecule has 0 saturated heterocycles. The van der Waals surface area contributed by atoms with E-state index in [0.717, 1.165) is 23.1 Å². The van der Waals surface area contributed by atoms with Crippen molar-refractivity contribution in [1.29, 1.82) is 0 Å². The molecule has 1 aliphatic carbocycles. The highest BCUT2D eigenvalue weighted by Crippen LogP contribution is 2.48. The molecule has 1 aromatic carbocycles. The first-order chi connectivity index (χ1) is 7.00. The molecule has 1 saturated carbocycles. The fourth-order valence-electron chi connectivity index (χ4n) is 2.04. The summed E-state index contributed by atoms with van der Waals surface area (Å²) in [5.74, 6) is -0.497. The minimum atomic E-state index is -0.719. The maximum absolute atomic E-state index is 10.7. The number of benzene rings is 1. The van der Waals surface area contributed by atoms with Gasteiger partial charge >= 0.3 is 5.97 Å². The predicted octanol–water partition coefficient (Wildman–Crippen LogP) is 2.20. The van der Waals surface area contributed by atoms with Gasteiger partial charge in [0, 0.05) is 0 Å². The summed E-state index contributed by atoms with van der Waals surface area (Å²) in [6.07, 6.45) is 0.721. The number of hydrogen-bond donors (Lipinski definition) is 2. The van der Waals surface area contributed by atoms with Gasteiger partial charge in [0.25, 0.3) is 0 Å². The number of rotatable bonds is 2. The van der Waals surface area contributed by atoms with Crippen molar-refractivity contribution in [3.63, 3.8) is 0 Å². The number of aryl methyl sites for hydroxylation is 2. The first kappa shape index (κ1) is 10.0. The molecule has 0 spiro atoms. The second-order valence-corrected chi connectivity index (χ2v) is 4.29. The molecule has 0 aliphatic heterocycles. The third-order valence-electron chi connectivity index (χ3n) is 3.05. The van der Waals surface area contributed by atoms with Gasteiger partial charge in [-0.15, -0.1) is 0 Å². The lowest BCUT2D eigenvalue weighted by molar-refractivity contribution is -0.138. The molecule has 0 heterocycles. The number of phenols is 1. The summed E-state index contributed by atoms with van der Waals surface area (Å²) < 4.78 is 0. The Hall–Kier alpha value is -1.51. The minimum absolute atomic E-state index is 0.139. The maximum atomic E-state index is 10.7. The molecule has 0 radical (unpaired) electrons. The van der Waals surface area contributed by atoms with E-state index >= 15 is 0 Å². The van der Waals surface area contributed by atoms with Crippen molar-refractivity contribution in [2.45, 2.75) is 26.2 Å². The summed E-state index contributed by atoms with van der Waals surface area (Å²) in [4.78, 5) is 10.7. The van der Waals surface area contributed by atoms with Crippen LogP contribution in [0.3, 0.4) is 0 Å². The van der Waals surface area contributed by atoms with Crippen molar-refractivity contribution >= 4 is 5.97 Å². The summed E-state index contributed by atoms with van der Waals surface area (Å²) in [5.41, 5.74) is 2.68. The van der Waals surface area contributed by atoms with Crippen LogP contribution in [0.25, 0.3) is 0 Å². The van der Waals surface area contributed by atoms with Crippen molar-refractivity contribution in [2.24, 2.45) is 5.92 Å². The van der Waals surface area contributed by atoms with E-state index in [0.29, 0.717) is 5.75 Å². The van der Waals surface area contributed by atoms with Gasteiger partial charge < -0.3 is 10.2 Å². The molecule has 1 fully saturated rings. The highest BCUT2D eigenvalue weighted by atomic mass is 16.4. The summed E-state index contributed by atoms with van der Waals surface area (Å²) in [5, 5.41) is 18.4. The third kappa shape index (κ3) is 1.69. The molecule has 2 unspecified atom stereocenters. The molecule has 0 aromatic heterocycles. The second kappa shape index (κ2) is 3.26. The first-order valence-corrected chi connectivity index (χ1v) is 5.03. The van der Waals surface area contributed by atoms with Crippen LogP contribution in [0.4, 0.5) is 0 Å². The van der Waals surface area contributed by atoms with Crippen LogP contribution in [0.2, 0.25) is 0 Å². The topological polar surface area (TPSA) is 57.5 Å². The van der Waals surface area contributed by atoms with Gasteiger partial charge in [0.05, 0.1) is 5.92 Å². The normalized spacial score (nSPS) is 23.9. The van der Waals surface area contributed by atoms with E-state index in [1.807, 2.05) is 26.0 Å². The molecular formula is C12H14O3. The molecule has 15 heavy (non-hydrogen) atoms. The van der Waals surface area contributed by atoms with Crippen LogP contribution >= 0.6 is 0 Å². The van der Waals surface area contributed by atoms with Crippen LogP contribution in [-0.4, -0.2) is 16.2 Å². The molecule has 2 rings (SSSR count). The number of hydrogen-bond acceptors (Lipinski definition) is 2. The van der Waals surface area contributed by atoms with E-state index in [1.165, 1.54) is 0 Å². The van der Waals surface area contributed by atoms with E-state index in [4.69, 9.17) is 5.11 Å². The average Bonchev–Trinajstić information content (AvgIpc) is 2.92. The lowest BCUT2D eigenvalue weighted by Gasteiger charge is -2.06. The Kier molecular flexibility index (Phi) is 2.18. The zero-order valence-electron chi connectivity index (χ0n) is 8.82. The number of aliphatic carboxylic acids is 1. The largest absolute Gasteiger partial charge is 0.507 e. The molecule has 80 valence electrons. The summed E-state index contributed by atoms with van der Waals surface area (Å²) >= 11 is 0. The highest BCUT2D eigenvalue weighted by molar-refractivity contribution is 5.75. The van der Waals surface area contributed by atoms with E-state index in [1.54, 1.807) is 0 Å². The van der Waals surface area contributed by atoms with E-state index in [9.17, 15) is 9.90 Å². The Morgan fingerprint density at radius 2 is 1.87 bits per heavy atom. The number of phenolic OH excluding ortho intramolecular Hbond substituents is 1. The third-order valence-corrected chi connectivity index (χ3v) is 3.05. The highest BCUT2D eigenvalue weighted by Gasteiger charge is 2.44. The molecular weight excluding hydrogens is 192 g/mol. The van der Waals surface area contributed by atoms with Gasteiger partial charge in [-0.05, 0) is 42.9 Å². The Morgan fingerprint density at radius 3 is 2.27 bits per heavy atom. The predicted molar refractivity (Wildman–Crippen MR) is 56.1 cm³/mol. The Labute approximate surface area is 88.4 Å². The van der Waals surface area contributed by atoms with E-state index in [-0.39, 0.29) is 11.8 Å². The quantitative estimate of drug-likeness (QED) is 0.779. The SMILES string of the molecule is Cc1cc(C2CC2C(=O)O)cc(C)c1O. The van der Waals surface area contributed by atoms with Crippen LogP contribution in [0.5, 0.6) is 5.75 Å². The Balaban J connectivity index is 2.28. The summed E-state index contributed by atoms with van der Waals surface area (Å²) in [6, 6.07) is 3.77. The molecule has 0 amide bonds. The van der Waals surface area contributed by atoms with Gasteiger partial charge in [-0.2, -0.15) is 0 Å². The van der Waals surface area contributed by atoms with Gasteiger partial charge in [-0.3, -0.25) is 4.79 Å². The number of carboxylic acid groups (broad SMARTS) is 1. The number of carboxylic acids is 1. The Morgan fingerprint density at radius 1 is 1.33 bits per heavy atom. The van der Waals surface area contributed by atoms with Crippen LogP contribution < -0.4 is 0 Å². The fourth-order valence-corrected chi connectivity index (χ4v) is 2.04. The van der Waals surface area contributed by atoms with Gasteiger partial charge in [-0.25, -0.2) is 0 Å². The fraction of sp³-hybridized carbons (Fsp3) is 0.417. The minimum Gasteiger partial charge on any atom is -0.507 e. The van der Waals surface area contributed by atoms with Gasteiger partial charge in [0.2, 0.25) is 0 Å². The standard InChI is InChI=1S/C12H14O3/c1-6-3-8(4-7(2)11(6)13)9-5-10(9)12(14)15/h3-4,9-10,13H,5H2,1-2H3,(H,14,15). The smallest absolute Gasteiger partial charge is 0.307 e. The zero-order valence-corrected chi connectivity index (χ0v) is 8.82. The lowest BCUT2D eigenvalue weighted by Crippen LogP contribution is -1.99. The monoisotopic (exact) mass is 206 g/mol. The van der Waals surface area contributed by atoms with Gasteiger partial charge in [0.15, 0.2) is 0 Å². The van der Waals surface area contributed by atoms with Gasteiger partial charge in [0.1, 0.15) is 5.75 Å². The van der Waals surface area contributed by atoms with Crippen molar-refractivity contribution < 1.29 is 15.0 Å². The zero-order chi connectivity index (χ0) is 11.2. The lowest BCUT2D eigenvalue weighted by atomic mass is 10.0. The van der Waals surface area contributed by atoms with Crippen molar-refractivity contribution in [2.75, 3.05) is 0 Å². The maximum Gasteiger partial charge on any atom is 0.307 e. The van der Waals surface area contributed by atoms with Gasteiger partial charge in [-0.1, -0.05) is 12.1 Å². The molecule has 3 nitrogen and oxygen atoms in total. The molecule has 1 aromatic rings. The first-order valence-electron chi connectivity index (χ1n) is 5.03. The molecule has 2 N–H and O–H groups in total. The summed E-state index contributed by atoms with van der Waals surface area (Å²) in [6.45, 7) is 3.67. The number of carbonyl (C=O) groups is 1. The van der Waals surface area contributed by atoms with Crippen molar-refractivity contribution in [3.8, 4) is 5.75 Å². The van der Waals surface area contributed by atoms with Crippen LogP contribution in [0.1, 0.15) is 29.0 Å².